The topological polar surface area (TPSA) is 84.7 Å². The molecule has 7 heteroatoms. The van der Waals surface area contributed by atoms with Crippen LogP contribution in [-0.4, -0.2) is 47.5 Å². The number of rotatable bonds is 3. The second-order valence-electron chi connectivity index (χ2n) is 8.89. The number of aliphatic hydroxyl groups is 1. The highest BCUT2D eigenvalue weighted by Crippen LogP contribution is 2.47. The molecule has 1 saturated carbocycles. The quantitative estimate of drug-likeness (QED) is 0.618. The monoisotopic (exact) mass is 408 g/mol. The first kappa shape index (κ1) is 19.4. The van der Waals surface area contributed by atoms with Crippen molar-refractivity contribution in [1.82, 2.24) is 15.2 Å². The second kappa shape index (κ2) is 6.97. The third kappa shape index (κ3) is 2.96. The van der Waals surface area contributed by atoms with Gasteiger partial charge in [-0.25, -0.2) is 4.79 Å². The zero-order valence-corrected chi connectivity index (χ0v) is 17.4. The first-order valence-electron chi connectivity index (χ1n) is 10.5. The lowest BCUT2D eigenvalue weighted by molar-refractivity contribution is 0.0513. The molecule has 1 spiro atoms. The van der Waals surface area contributed by atoms with Crippen molar-refractivity contribution in [3.8, 4) is 0 Å². The lowest BCUT2D eigenvalue weighted by atomic mass is 9.69. The number of fused-ring (bicyclic) bond motifs is 1. The van der Waals surface area contributed by atoms with E-state index < -0.39 is 12.1 Å². The first-order valence-corrected chi connectivity index (χ1v) is 10.5. The summed E-state index contributed by atoms with van der Waals surface area (Å²) in [6, 6.07) is 16.3. The normalized spacial score (nSPS) is 29.3. The molecule has 2 heterocycles. The van der Waals surface area contributed by atoms with Crippen LogP contribution >= 0.6 is 0 Å². The number of aliphatic hydroxyl groups excluding tert-OH is 1. The molecule has 3 N–H and O–H groups in total. The maximum Gasteiger partial charge on any atom is 0.417 e. The number of para-hydroxylation sites is 1. The minimum Gasteiger partial charge on any atom is -0.406 e. The standard InChI is InChI=1S/C23H28N4O3/c1-26(2)23(16-7-4-3-5-8-16)13-11-22(12-14-23)15-27(20(28)25-22)18-10-6-9-17-19(18)30-21(29)24-17/h3-10,20,25,28H,11-15H2,1-2H3,(H,24,29). The SMILES string of the molecule is CN(C)C1(c2ccccc2)CCC2(CC1)CN(c1cccc3[nH]c(=O)oc13)C(O)N2. The maximum atomic E-state index is 11.7. The molecule has 2 aromatic carbocycles. The van der Waals surface area contributed by atoms with Gasteiger partial charge >= 0.3 is 5.76 Å². The van der Waals surface area contributed by atoms with Gasteiger partial charge in [-0.2, -0.15) is 0 Å². The second-order valence-corrected chi connectivity index (χ2v) is 8.89. The van der Waals surface area contributed by atoms with E-state index in [4.69, 9.17) is 4.42 Å². The lowest BCUT2D eigenvalue weighted by Gasteiger charge is -2.49. The highest BCUT2D eigenvalue weighted by molar-refractivity contribution is 5.86. The summed E-state index contributed by atoms with van der Waals surface area (Å²) in [5, 5.41) is 14.3. The fraction of sp³-hybridized carbons (Fsp3) is 0.435. The Morgan fingerprint density at radius 3 is 2.50 bits per heavy atom. The Balaban J connectivity index is 1.42. The third-order valence-corrected chi connectivity index (χ3v) is 7.14. The van der Waals surface area contributed by atoms with Crippen molar-refractivity contribution in [2.24, 2.45) is 0 Å². The Hall–Kier alpha value is -2.61. The summed E-state index contributed by atoms with van der Waals surface area (Å²) in [7, 11) is 4.31. The molecule has 2 aliphatic rings. The Bertz CT molecular complexity index is 1100. The minimum absolute atomic E-state index is 0.00000655. The first-order chi connectivity index (χ1) is 14.4. The largest absolute Gasteiger partial charge is 0.417 e. The minimum atomic E-state index is -0.820. The zero-order valence-electron chi connectivity index (χ0n) is 17.4. The number of aromatic amines is 1. The Kier molecular flexibility index (Phi) is 4.50. The van der Waals surface area contributed by atoms with Gasteiger partial charge in [-0.05, 0) is 57.5 Å². The Labute approximate surface area is 175 Å². The van der Waals surface area contributed by atoms with Crippen molar-refractivity contribution >= 4 is 16.8 Å². The van der Waals surface area contributed by atoms with Crippen LogP contribution in [0.5, 0.6) is 0 Å². The van der Waals surface area contributed by atoms with E-state index in [1.165, 1.54) is 5.56 Å². The maximum absolute atomic E-state index is 11.7. The molecule has 3 aromatic rings. The molecule has 2 fully saturated rings. The summed E-state index contributed by atoms with van der Waals surface area (Å²) in [5.41, 5.74) is 3.04. The van der Waals surface area contributed by atoms with Crippen molar-refractivity contribution in [3.05, 3.63) is 64.6 Å². The van der Waals surface area contributed by atoms with Crippen LogP contribution in [-0.2, 0) is 5.54 Å². The van der Waals surface area contributed by atoms with E-state index in [0.717, 1.165) is 31.4 Å². The van der Waals surface area contributed by atoms with Gasteiger partial charge in [0.2, 0.25) is 0 Å². The number of aromatic nitrogens is 1. The molecule has 30 heavy (non-hydrogen) atoms. The molecule has 1 unspecified atom stereocenters. The van der Waals surface area contributed by atoms with Crippen LogP contribution in [0.15, 0.2) is 57.7 Å². The van der Waals surface area contributed by atoms with Gasteiger partial charge in [0.1, 0.15) is 0 Å². The molecule has 7 nitrogen and oxygen atoms in total. The highest BCUT2D eigenvalue weighted by atomic mass is 16.4. The summed E-state index contributed by atoms with van der Waals surface area (Å²) in [5.74, 6) is -0.481. The predicted octanol–water partition coefficient (Wildman–Crippen LogP) is 2.58. The van der Waals surface area contributed by atoms with Crippen LogP contribution in [0.1, 0.15) is 31.2 Å². The van der Waals surface area contributed by atoms with Gasteiger partial charge < -0.3 is 14.4 Å². The van der Waals surface area contributed by atoms with E-state index in [9.17, 15) is 9.90 Å². The Morgan fingerprint density at radius 2 is 1.80 bits per heavy atom. The summed E-state index contributed by atoms with van der Waals surface area (Å²) >= 11 is 0. The van der Waals surface area contributed by atoms with E-state index in [-0.39, 0.29) is 11.1 Å². The van der Waals surface area contributed by atoms with Gasteiger partial charge in [-0.1, -0.05) is 36.4 Å². The number of H-pyrrole nitrogens is 1. The van der Waals surface area contributed by atoms with Crippen molar-refractivity contribution in [1.29, 1.82) is 0 Å². The molecule has 1 aliphatic carbocycles. The molecule has 0 radical (unpaired) electrons. The third-order valence-electron chi connectivity index (χ3n) is 7.14. The van der Waals surface area contributed by atoms with Crippen LogP contribution in [0.4, 0.5) is 5.69 Å². The van der Waals surface area contributed by atoms with Crippen molar-refractivity contribution < 1.29 is 9.52 Å². The number of benzene rings is 2. The average molecular weight is 409 g/mol. The van der Waals surface area contributed by atoms with Crippen LogP contribution < -0.4 is 16.0 Å². The Morgan fingerprint density at radius 1 is 1.07 bits per heavy atom. The van der Waals surface area contributed by atoms with E-state index >= 15 is 0 Å². The van der Waals surface area contributed by atoms with Crippen LogP contribution in [0, 0.1) is 0 Å². The van der Waals surface area contributed by atoms with Crippen molar-refractivity contribution in [2.75, 3.05) is 25.5 Å². The van der Waals surface area contributed by atoms with Crippen molar-refractivity contribution in [2.45, 2.75) is 43.1 Å². The fourth-order valence-corrected chi connectivity index (χ4v) is 5.40. The van der Waals surface area contributed by atoms with E-state index in [0.29, 0.717) is 17.6 Å². The molecule has 0 bridgehead atoms. The number of nitrogens with one attached hydrogen (secondary N) is 2. The zero-order chi connectivity index (χ0) is 20.9. The molecule has 5 rings (SSSR count). The predicted molar refractivity (Wildman–Crippen MR) is 116 cm³/mol. The van der Waals surface area contributed by atoms with Gasteiger partial charge in [-0.3, -0.25) is 15.2 Å². The number of hydrogen-bond acceptors (Lipinski definition) is 6. The van der Waals surface area contributed by atoms with Gasteiger partial charge in [0, 0.05) is 17.6 Å². The average Bonchev–Trinajstić information content (AvgIpc) is 3.28. The smallest absolute Gasteiger partial charge is 0.406 e. The van der Waals surface area contributed by atoms with Crippen molar-refractivity contribution in [3.63, 3.8) is 0 Å². The fourth-order valence-electron chi connectivity index (χ4n) is 5.40. The molecule has 1 aliphatic heterocycles. The number of oxazole rings is 1. The summed E-state index contributed by atoms with van der Waals surface area (Å²) < 4.78 is 5.36. The molecule has 1 aromatic heterocycles. The summed E-state index contributed by atoms with van der Waals surface area (Å²) in [6.07, 6.45) is 3.07. The summed E-state index contributed by atoms with van der Waals surface area (Å²) in [4.78, 5) is 18.6. The van der Waals surface area contributed by atoms with Crippen LogP contribution in [0.2, 0.25) is 0 Å². The lowest BCUT2D eigenvalue weighted by Crippen LogP contribution is -2.54. The molecule has 1 saturated heterocycles. The number of anilines is 1. The molecule has 0 amide bonds. The van der Waals surface area contributed by atoms with E-state index in [1.807, 2.05) is 17.0 Å². The van der Waals surface area contributed by atoms with E-state index in [1.54, 1.807) is 6.07 Å². The van der Waals surface area contributed by atoms with Crippen LogP contribution in [0.3, 0.4) is 0 Å². The van der Waals surface area contributed by atoms with Crippen LogP contribution in [0.25, 0.3) is 11.1 Å². The van der Waals surface area contributed by atoms with Gasteiger partial charge in [0.15, 0.2) is 11.9 Å². The number of hydrogen-bond donors (Lipinski definition) is 3. The molecular weight excluding hydrogens is 380 g/mol. The summed E-state index contributed by atoms with van der Waals surface area (Å²) in [6.45, 7) is 0.667. The molecule has 158 valence electrons. The van der Waals surface area contributed by atoms with Gasteiger partial charge in [0.05, 0.1) is 11.2 Å². The van der Waals surface area contributed by atoms with E-state index in [2.05, 4.69) is 59.6 Å². The van der Waals surface area contributed by atoms with Gasteiger partial charge in [0.25, 0.3) is 0 Å². The highest BCUT2D eigenvalue weighted by Gasteiger charge is 2.50. The molecule has 1 atom stereocenters. The number of nitrogens with zero attached hydrogens (tertiary/aromatic N) is 2. The van der Waals surface area contributed by atoms with Gasteiger partial charge in [-0.15, -0.1) is 0 Å². The molecular formula is C23H28N4O3.